The molecule has 1 amide bonds. The zero-order chi connectivity index (χ0) is 26.3. The van der Waals surface area contributed by atoms with Gasteiger partial charge in [0.15, 0.2) is 0 Å². The van der Waals surface area contributed by atoms with Crippen LogP contribution in [0.3, 0.4) is 0 Å². The Morgan fingerprint density at radius 3 is 2.11 bits per heavy atom. The van der Waals surface area contributed by atoms with Crippen LogP contribution < -0.4 is 9.80 Å². The van der Waals surface area contributed by atoms with Crippen LogP contribution in [0.5, 0.6) is 0 Å². The highest BCUT2D eigenvalue weighted by Crippen LogP contribution is 2.40. The second-order valence-corrected chi connectivity index (χ2v) is 10.1. The van der Waals surface area contributed by atoms with Crippen molar-refractivity contribution in [2.75, 3.05) is 30.0 Å². The quantitative estimate of drug-likeness (QED) is 0.351. The van der Waals surface area contributed by atoms with Crippen LogP contribution in [0.2, 0.25) is 0 Å². The molecule has 2 aromatic rings. The lowest BCUT2D eigenvalue weighted by Crippen LogP contribution is -2.42. The van der Waals surface area contributed by atoms with Gasteiger partial charge in [0.25, 0.3) is 0 Å². The molecule has 3 rings (SSSR count). The molecule has 1 aliphatic heterocycles. The van der Waals surface area contributed by atoms with Crippen molar-refractivity contribution in [1.82, 2.24) is 4.98 Å². The molecule has 0 radical (unpaired) electrons. The molecule has 1 saturated heterocycles. The first-order valence-corrected chi connectivity index (χ1v) is 11.8. The number of hydrogen-bond donors (Lipinski definition) is 1. The maximum atomic E-state index is 13.4. The molecule has 1 N–H and O–H groups in total. The van der Waals surface area contributed by atoms with Crippen molar-refractivity contribution < 1.29 is 36.2 Å². The Morgan fingerprint density at radius 2 is 1.63 bits per heavy atom. The van der Waals surface area contributed by atoms with E-state index in [9.17, 15) is 36.2 Å². The van der Waals surface area contributed by atoms with Gasteiger partial charge in [0.05, 0.1) is 41.1 Å². The van der Waals surface area contributed by atoms with Gasteiger partial charge in [-0.3, -0.25) is 4.79 Å². The lowest BCUT2D eigenvalue weighted by Gasteiger charge is -2.32. The number of hydrogen-bond acceptors (Lipinski definition) is 4. The zero-order valence-electron chi connectivity index (χ0n) is 19.1. The minimum atomic E-state index is -5.02. The number of likely N-dealkylation sites (N-methyl/N-ethyl adjacent to an activating group) is 1. The molecule has 1 aliphatic rings. The fourth-order valence-corrected chi connectivity index (χ4v) is 4.89. The number of aliphatic hydroxyl groups is 1. The molecule has 1 unspecified atom stereocenters. The summed E-state index contributed by atoms with van der Waals surface area (Å²) in [5.41, 5.74) is -4.71. The minimum absolute atomic E-state index is 0.0243. The van der Waals surface area contributed by atoms with E-state index >= 15 is 0 Å². The molecule has 0 saturated carbocycles. The fourth-order valence-electron chi connectivity index (χ4n) is 4.11. The smallest absolute Gasteiger partial charge is 0.394 e. The van der Waals surface area contributed by atoms with Crippen LogP contribution in [0, 0.1) is 3.57 Å². The van der Waals surface area contributed by atoms with E-state index in [-0.39, 0.29) is 18.7 Å². The molecule has 0 aliphatic carbocycles. The number of aliphatic hydroxyl groups excluding tert-OH is 1. The molecular weight excluding hydrogens is 591 g/mol. The summed E-state index contributed by atoms with van der Waals surface area (Å²) in [5, 5.41) is 9.55. The molecule has 12 heteroatoms. The number of benzene rings is 1. The second-order valence-electron chi connectivity index (χ2n) is 8.95. The van der Waals surface area contributed by atoms with Crippen molar-refractivity contribution in [2.24, 2.45) is 0 Å². The average molecular weight is 615 g/mol. The number of nitrogens with zero attached hydrogens (tertiary/aromatic N) is 3. The molecule has 0 spiro atoms. The lowest BCUT2D eigenvalue weighted by molar-refractivity contribution is -0.143. The number of amides is 1. The van der Waals surface area contributed by atoms with E-state index < -0.39 is 40.4 Å². The Kier molecular flexibility index (Phi) is 7.66. The van der Waals surface area contributed by atoms with Gasteiger partial charge < -0.3 is 14.9 Å². The van der Waals surface area contributed by atoms with Crippen LogP contribution in [0.1, 0.15) is 43.4 Å². The maximum Gasteiger partial charge on any atom is 0.416 e. The number of rotatable bonds is 5. The molecule has 2 heterocycles. The van der Waals surface area contributed by atoms with Gasteiger partial charge in [0.1, 0.15) is 5.82 Å². The number of anilines is 2. The van der Waals surface area contributed by atoms with Gasteiger partial charge in [0, 0.05) is 17.2 Å². The van der Waals surface area contributed by atoms with Crippen LogP contribution in [0.15, 0.2) is 30.5 Å². The van der Waals surface area contributed by atoms with Crippen molar-refractivity contribution in [2.45, 2.75) is 50.5 Å². The van der Waals surface area contributed by atoms with Gasteiger partial charge in [-0.1, -0.05) is 0 Å². The summed E-state index contributed by atoms with van der Waals surface area (Å²) in [6.07, 6.45) is -6.88. The first-order valence-electron chi connectivity index (χ1n) is 10.7. The third-order valence-corrected chi connectivity index (χ3v) is 7.08. The maximum absolute atomic E-state index is 13.4. The Hall–Kier alpha value is -2.09. The number of carbonyl (C=O) groups is 1. The minimum Gasteiger partial charge on any atom is -0.394 e. The highest BCUT2D eigenvalue weighted by molar-refractivity contribution is 14.1. The highest BCUT2D eigenvalue weighted by atomic mass is 127. The van der Waals surface area contributed by atoms with Gasteiger partial charge in [0.2, 0.25) is 5.91 Å². The number of aromatic nitrogens is 1. The van der Waals surface area contributed by atoms with E-state index in [2.05, 4.69) is 4.98 Å². The monoisotopic (exact) mass is 615 g/mol. The average Bonchev–Trinajstić information content (AvgIpc) is 3.25. The molecule has 0 bridgehead atoms. The third kappa shape index (κ3) is 5.68. The van der Waals surface area contributed by atoms with Crippen molar-refractivity contribution in [1.29, 1.82) is 0 Å². The van der Waals surface area contributed by atoms with Crippen molar-refractivity contribution in [3.05, 3.63) is 50.7 Å². The Labute approximate surface area is 212 Å². The first-order chi connectivity index (χ1) is 16.1. The third-order valence-electron chi connectivity index (χ3n) is 6.21. The predicted octanol–water partition coefficient (Wildman–Crippen LogP) is 5.63. The van der Waals surface area contributed by atoms with Crippen LogP contribution >= 0.6 is 22.6 Å². The summed E-state index contributed by atoms with van der Waals surface area (Å²) >= 11 is 1.99. The number of halogens is 7. The van der Waals surface area contributed by atoms with Gasteiger partial charge in [-0.25, -0.2) is 4.98 Å². The van der Waals surface area contributed by atoms with E-state index in [1.807, 2.05) is 27.5 Å². The van der Waals surface area contributed by atoms with Crippen LogP contribution in [-0.4, -0.2) is 42.2 Å². The van der Waals surface area contributed by atoms with Crippen LogP contribution in [0.4, 0.5) is 37.8 Å². The number of alkyl halides is 6. The van der Waals surface area contributed by atoms with Gasteiger partial charge in [-0.15, -0.1) is 0 Å². The van der Waals surface area contributed by atoms with E-state index in [1.165, 1.54) is 32.0 Å². The number of carbonyl (C=O) groups excluding carboxylic acids is 1. The molecule has 35 heavy (non-hydrogen) atoms. The van der Waals surface area contributed by atoms with Crippen LogP contribution in [-0.2, 0) is 22.6 Å². The Balaban J connectivity index is 1.96. The van der Waals surface area contributed by atoms with Gasteiger partial charge in [-0.2, -0.15) is 26.3 Å². The second kappa shape index (κ2) is 9.75. The molecule has 1 aromatic carbocycles. The number of pyridine rings is 1. The predicted molar refractivity (Wildman–Crippen MR) is 127 cm³/mol. The normalized spacial score (nSPS) is 17.1. The fraction of sp³-hybridized carbons (Fsp3) is 0.478. The summed E-state index contributed by atoms with van der Waals surface area (Å²) < 4.78 is 80.6. The molecule has 192 valence electrons. The van der Waals surface area contributed by atoms with E-state index in [0.29, 0.717) is 33.8 Å². The molecule has 1 atom stereocenters. The molecule has 1 fully saturated rings. The van der Waals surface area contributed by atoms with Crippen molar-refractivity contribution >= 4 is 40.0 Å². The van der Waals surface area contributed by atoms with Gasteiger partial charge >= 0.3 is 12.4 Å². The standard InChI is InChI=1S/C23H24F6IN3O2/c1-21(2,13-7-14(22(24,25)26)9-15(8-13)23(27,28)29)20(35)32(3)18-11-31-19(10-17(18)30)33-6-4-5-16(33)12-34/h7-11,16,34H,4-6,12H2,1-3H3. The van der Waals surface area contributed by atoms with Gasteiger partial charge in [-0.05, 0) is 79.1 Å². The molecule has 5 nitrogen and oxygen atoms in total. The van der Waals surface area contributed by atoms with Crippen molar-refractivity contribution in [3.8, 4) is 0 Å². The van der Waals surface area contributed by atoms with E-state index in [4.69, 9.17) is 0 Å². The zero-order valence-corrected chi connectivity index (χ0v) is 21.3. The summed E-state index contributed by atoms with van der Waals surface area (Å²) in [6, 6.07) is 2.86. The molecule has 1 aromatic heterocycles. The summed E-state index contributed by atoms with van der Waals surface area (Å²) in [4.78, 5) is 20.9. The Bertz CT molecular complexity index is 1070. The SMILES string of the molecule is CN(C(=O)C(C)(C)c1cc(C(F)(F)F)cc(C(F)(F)F)c1)c1cnc(N2CCCC2CO)cc1I. The highest BCUT2D eigenvalue weighted by Gasteiger charge is 2.41. The topological polar surface area (TPSA) is 56.7 Å². The first kappa shape index (κ1) is 27.5. The van der Waals surface area contributed by atoms with Crippen LogP contribution in [0.25, 0.3) is 0 Å². The molecular formula is C23H24F6IN3O2. The Morgan fingerprint density at radius 1 is 1.09 bits per heavy atom. The summed E-state index contributed by atoms with van der Waals surface area (Å²) in [5.74, 6) is -0.0886. The lowest BCUT2D eigenvalue weighted by atomic mass is 9.81. The van der Waals surface area contributed by atoms with E-state index in [1.54, 1.807) is 6.07 Å². The summed E-state index contributed by atoms with van der Waals surface area (Å²) in [6.45, 7) is 3.26. The summed E-state index contributed by atoms with van der Waals surface area (Å²) in [7, 11) is 1.40. The van der Waals surface area contributed by atoms with E-state index in [0.717, 1.165) is 12.8 Å². The van der Waals surface area contributed by atoms with Crippen molar-refractivity contribution in [3.63, 3.8) is 0 Å². The largest absolute Gasteiger partial charge is 0.416 e.